The van der Waals surface area contributed by atoms with E-state index in [0.29, 0.717) is 6.61 Å². The Morgan fingerprint density at radius 2 is 1.45 bits per heavy atom. The van der Waals surface area contributed by atoms with Gasteiger partial charge in [0, 0.05) is 6.42 Å². The number of hydrogen-bond donors (Lipinski definition) is 1. The molecular weight excluding hydrogens is 248 g/mol. The first-order chi connectivity index (χ1) is 9.61. The maximum atomic E-state index is 9.02. The summed E-state index contributed by atoms with van der Waals surface area (Å²) in [7, 11) is 0. The van der Waals surface area contributed by atoms with Gasteiger partial charge in [-0.3, -0.25) is 0 Å². The molecule has 2 rings (SSSR count). The first kappa shape index (κ1) is 14.6. The van der Waals surface area contributed by atoms with Gasteiger partial charge in [0.15, 0.2) is 0 Å². The fourth-order valence-electron chi connectivity index (χ4n) is 2.23. The maximum absolute atomic E-state index is 9.02. The second kappa shape index (κ2) is 6.58. The van der Waals surface area contributed by atoms with Gasteiger partial charge in [0.1, 0.15) is 5.75 Å². The molecule has 0 unspecified atom stereocenters. The molecule has 2 nitrogen and oxygen atoms in total. The van der Waals surface area contributed by atoms with Crippen molar-refractivity contribution in [2.24, 2.45) is 0 Å². The fraction of sp³-hybridized carbons (Fsp3) is 0.333. The molecule has 0 saturated carbocycles. The average Bonchev–Trinajstić information content (AvgIpc) is 2.47. The third-order valence-corrected chi connectivity index (χ3v) is 3.72. The van der Waals surface area contributed by atoms with Crippen LogP contribution < -0.4 is 4.74 Å². The van der Waals surface area contributed by atoms with Crippen LogP contribution in [0.1, 0.15) is 27.8 Å². The van der Waals surface area contributed by atoms with Crippen LogP contribution in [0.2, 0.25) is 0 Å². The molecule has 0 fully saturated rings. The molecule has 0 aliphatic heterocycles. The van der Waals surface area contributed by atoms with E-state index in [1.165, 1.54) is 22.3 Å². The van der Waals surface area contributed by atoms with Crippen LogP contribution in [0.3, 0.4) is 0 Å². The molecule has 1 N–H and O–H groups in total. The van der Waals surface area contributed by atoms with Crippen molar-refractivity contribution < 1.29 is 9.84 Å². The van der Waals surface area contributed by atoms with E-state index in [-0.39, 0.29) is 6.61 Å². The average molecular weight is 270 g/mol. The van der Waals surface area contributed by atoms with Gasteiger partial charge in [-0.25, -0.2) is 0 Å². The number of aliphatic hydroxyl groups excluding tert-OH is 1. The van der Waals surface area contributed by atoms with Gasteiger partial charge in [0.2, 0.25) is 0 Å². The molecule has 0 heterocycles. The van der Waals surface area contributed by atoms with Gasteiger partial charge in [-0.15, -0.1) is 0 Å². The molecule has 20 heavy (non-hydrogen) atoms. The van der Waals surface area contributed by atoms with E-state index in [0.717, 1.165) is 17.7 Å². The summed E-state index contributed by atoms with van der Waals surface area (Å²) in [4.78, 5) is 0. The van der Waals surface area contributed by atoms with Gasteiger partial charge in [-0.1, -0.05) is 36.4 Å². The zero-order valence-electron chi connectivity index (χ0n) is 12.4. The first-order valence-corrected chi connectivity index (χ1v) is 7.00. The summed E-state index contributed by atoms with van der Waals surface area (Å²) in [6, 6.07) is 12.2. The van der Waals surface area contributed by atoms with Crippen molar-refractivity contribution >= 4 is 0 Å². The molecule has 0 radical (unpaired) electrons. The molecule has 106 valence electrons. The Labute approximate surface area is 121 Å². The van der Waals surface area contributed by atoms with Crippen molar-refractivity contribution in [3.05, 3.63) is 64.2 Å². The minimum atomic E-state index is 0.0957. The van der Waals surface area contributed by atoms with Crippen LogP contribution >= 0.6 is 0 Å². The lowest BCUT2D eigenvalue weighted by atomic mass is 10.1. The number of hydrogen-bond acceptors (Lipinski definition) is 2. The van der Waals surface area contributed by atoms with Crippen LogP contribution in [0.25, 0.3) is 0 Å². The zero-order valence-corrected chi connectivity index (χ0v) is 12.4. The van der Waals surface area contributed by atoms with E-state index in [9.17, 15) is 0 Å². The molecule has 2 aromatic rings. The molecular formula is C18H22O2. The molecule has 0 aromatic heterocycles. The summed E-state index contributed by atoms with van der Waals surface area (Å²) in [6.07, 6.45) is 0.874. The lowest BCUT2D eigenvalue weighted by Crippen LogP contribution is -2.04. The largest absolute Gasteiger partial charge is 0.493 e. The predicted octanol–water partition coefficient (Wildman–Crippen LogP) is 3.73. The van der Waals surface area contributed by atoms with Gasteiger partial charge >= 0.3 is 0 Å². The summed E-state index contributed by atoms with van der Waals surface area (Å²) in [5.41, 5.74) is 5.84. The van der Waals surface area contributed by atoms with Crippen molar-refractivity contribution in [2.75, 3.05) is 6.61 Å². The van der Waals surface area contributed by atoms with Gasteiger partial charge < -0.3 is 9.84 Å². The van der Waals surface area contributed by atoms with Crippen LogP contribution in [0, 0.1) is 20.8 Å². The molecule has 0 bridgehead atoms. The standard InChI is InChI=1S/C18H22O2/c1-13-4-5-14(2)18(15(13)3)20-11-10-16-6-8-17(12-19)9-7-16/h4-9,19H,10-12H2,1-3H3. The van der Waals surface area contributed by atoms with Crippen LogP contribution in [-0.4, -0.2) is 11.7 Å². The Balaban J connectivity index is 1.97. The number of ether oxygens (including phenoxy) is 1. The Kier molecular flexibility index (Phi) is 4.80. The second-order valence-corrected chi connectivity index (χ2v) is 5.23. The van der Waals surface area contributed by atoms with Crippen molar-refractivity contribution in [2.45, 2.75) is 33.8 Å². The lowest BCUT2D eigenvalue weighted by molar-refractivity contribution is 0.282. The Hall–Kier alpha value is -1.80. The van der Waals surface area contributed by atoms with Gasteiger partial charge in [0.25, 0.3) is 0 Å². The highest BCUT2D eigenvalue weighted by Crippen LogP contribution is 2.25. The molecule has 0 spiro atoms. The zero-order chi connectivity index (χ0) is 14.5. The highest BCUT2D eigenvalue weighted by Gasteiger charge is 2.06. The molecule has 0 aliphatic carbocycles. The summed E-state index contributed by atoms with van der Waals surface area (Å²) in [6.45, 7) is 7.06. The smallest absolute Gasteiger partial charge is 0.125 e. The quantitative estimate of drug-likeness (QED) is 0.897. The molecule has 0 atom stereocenters. The third kappa shape index (κ3) is 3.40. The van der Waals surface area contributed by atoms with E-state index in [4.69, 9.17) is 9.84 Å². The van der Waals surface area contributed by atoms with E-state index < -0.39 is 0 Å². The highest BCUT2D eigenvalue weighted by atomic mass is 16.5. The maximum Gasteiger partial charge on any atom is 0.125 e. The van der Waals surface area contributed by atoms with E-state index >= 15 is 0 Å². The first-order valence-electron chi connectivity index (χ1n) is 7.00. The SMILES string of the molecule is Cc1ccc(C)c(OCCc2ccc(CO)cc2)c1C. The van der Waals surface area contributed by atoms with Crippen molar-refractivity contribution in [3.63, 3.8) is 0 Å². The van der Waals surface area contributed by atoms with Crippen LogP contribution in [0.5, 0.6) is 5.75 Å². The summed E-state index contributed by atoms with van der Waals surface area (Å²) in [5, 5.41) is 9.02. The Bertz CT molecular complexity index is 571. The van der Waals surface area contributed by atoms with Crippen molar-refractivity contribution in [3.8, 4) is 5.75 Å². The number of benzene rings is 2. The summed E-state index contributed by atoms with van der Waals surface area (Å²) >= 11 is 0. The van der Waals surface area contributed by atoms with E-state index in [2.05, 4.69) is 32.9 Å². The third-order valence-electron chi connectivity index (χ3n) is 3.72. The number of aliphatic hydroxyl groups is 1. The Morgan fingerprint density at radius 3 is 2.10 bits per heavy atom. The van der Waals surface area contributed by atoms with Crippen molar-refractivity contribution in [1.82, 2.24) is 0 Å². The monoisotopic (exact) mass is 270 g/mol. The van der Waals surface area contributed by atoms with Gasteiger partial charge in [0.05, 0.1) is 13.2 Å². The van der Waals surface area contributed by atoms with E-state index in [1.54, 1.807) is 0 Å². The van der Waals surface area contributed by atoms with Gasteiger partial charge in [-0.05, 0) is 48.6 Å². The molecule has 2 heteroatoms. The minimum Gasteiger partial charge on any atom is -0.493 e. The number of rotatable bonds is 5. The van der Waals surface area contributed by atoms with Crippen molar-refractivity contribution in [1.29, 1.82) is 0 Å². The summed E-state index contributed by atoms with van der Waals surface area (Å²) in [5.74, 6) is 1.01. The molecule has 0 saturated heterocycles. The van der Waals surface area contributed by atoms with Gasteiger partial charge in [-0.2, -0.15) is 0 Å². The molecule has 0 aliphatic rings. The molecule has 0 amide bonds. The van der Waals surface area contributed by atoms with Crippen LogP contribution in [0.15, 0.2) is 36.4 Å². The second-order valence-electron chi connectivity index (χ2n) is 5.23. The molecule has 2 aromatic carbocycles. The van der Waals surface area contributed by atoms with Crippen LogP contribution in [-0.2, 0) is 13.0 Å². The lowest BCUT2D eigenvalue weighted by Gasteiger charge is -2.14. The fourth-order valence-corrected chi connectivity index (χ4v) is 2.23. The topological polar surface area (TPSA) is 29.5 Å². The predicted molar refractivity (Wildman–Crippen MR) is 82.2 cm³/mol. The van der Waals surface area contributed by atoms with Crippen LogP contribution in [0.4, 0.5) is 0 Å². The summed E-state index contributed by atoms with van der Waals surface area (Å²) < 4.78 is 5.96. The van der Waals surface area contributed by atoms with E-state index in [1.807, 2.05) is 24.3 Å². The normalized spacial score (nSPS) is 10.6. The number of aryl methyl sites for hydroxylation is 2. The minimum absolute atomic E-state index is 0.0957. The Morgan fingerprint density at radius 1 is 0.850 bits per heavy atom. The highest BCUT2D eigenvalue weighted by molar-refractivity contribution is 5.44.